The van der Waals surface area contributed by atoms with Crippen LogP contribution >= 0.6 is 0 Å². The summed E-state index contributed by atoms with van der Waals surface area (Å²) in [5.74, 6) is 8.85. The maximum Gasteiger partial charge on any atom is 0.207 e. The minimum Gasteiger partial charge on any atom is -0.493 e. The van der Waals surface area contributed by atoms with Gasteiger partial charge in [-0.2, -0.15) is 5.26 Å². The Hall–Kier alpha value is -4.07. The van der Waals surface area contributed by atoms with Crippen molar-refractivity contribution in [3.8, 4) is 23.1 Å². The quantitative estimate of drug-likeness (QED) is 0.0819. The lowest BCUT2D eigenvalue weighted by atomic mass is 9.92. The number of nitrogens with zero attached hydrogens (tertiary/aromatic N) is 2. The Morgan fingerprint density at radius 1 is 1.16 bits per heavy atom. The van der Waals surface area contributed by atoms with Gasteiger partial charge in [0, 0.05) is 42.7 Å². The van der Waals surface area contributed by atoms with E-state index in [1.165, 1.54) is 25.7 Å². The Balaban J connectivity index is 0.000000381. The smallest absolute Gasteiger partial charge is 0.207 e. The van der Waals surface area contributed by atoms with E-state index in [2.05, 4.69) is 45.1 Å². The number of fused-ring (bicyclic) bond motifs is 1. The number of ether oxygens (including phenoxy) is 1. The first-order valence-electron chi connectivity index (χ1n) is 12.9. The van der Waals surface area contributed by atoms with Gasteiger partial charge in [0.1, 0.15) is 11.8 Å². The number of hydrogen-bond donors (Lipinski definition) is 6. The summed E-state index contributed by atoms with van der Waals surface area (Å²) in [6.07, 6.45) is 8.26. The summed E-state index contributed by atoms with van der Waals surface area (Å²) in [4.78, 5) is 9.70. The number of amides is 1. The van der Waals surface area contributed by atoms with Gasteiger partial charge >= 0.3 is 0 Å². The molecule has 0 aliphatic heterocycles. The Morgan fingerprint density at radius 2 is 1.84 bits per heavy atom. The van der Waals surface area contributed by atoms with E-state index in [1.54, 1.807) is 0 Å². The van der Waals surface area contributed by atoms with Gasteiger partial charge in [0.2, 0.25) is 6.41 Å². The molecule has 5 rings (SSSR count). The second-order valence-electron chi connectivity index (χ2n) is 9.33. The maximum absolute atomic E-state index is 9.99. The number of aromatic nitrogens is 1. The number of nitriles is 1. The molecule has 2 aromatic carbocycles. The molecule has 1 heterocycles. The van der Waals surface area contributed by atoms with Crippen molar-refractivity contribution in [2.24, 2.45) is 17.4 Å². The average molecular weight is 519 g/mol. The zero-order chi connectivity index (χ0) is 27.5. The number of hydrogen-bond acceptors (Lipinski definition) is 7. The van der Waals surface area contributed by atoms with E-state index in [4.69, 9.17) is 15.9 Å². The third-order valence-electron chi connectivity index (χ3n) is 7.02. The van der Waals surface area contributed by atoms with Crippen LogP contribution in [-0.2, 0) is 4.79 Å². The third-order valence-corrected chi connectivity index (χ3v) is 7.02. The van der Waals surface area contributed by atoms with Crippen molar-refractivity contribution in [1.82, 2.24) is 9.88 Å². The maximum atomic E-state index is 9.99. The van der Waals surface area contributed by atoms with Crippen molar-refractivity contribution >= 4 is 28.8 Å². The molecule has 0 bridgehead atoms. The molecular formula is C28H38N8O2. The number of rotatable bonds is 9. The standard InChI is InChI=1S/C23H25N5O.C5H9NO.H4N2/c1-27-16-7-5-15(6-8-16)23-20(14-24)19-10-9-18(29-12-11-22(25)26)13-21(19)28(23)17-3-2-4-17;7-4-6-5-2-1-3-5;1-2/h5-10,13,17,27H,2-4,11-12H2,1H3,(H3,25,26);4-5H,1-3H2,(H,6,7);1-2H2. The Labute approximate surface area is 223 Å². The van der Waals surface area contributed by atoms with Gasteiger partial charge in [-0.05, 0) is 68.4 Å². The number of carbonyl (C=O) groups is 1. The van der Waals surface area contributed by atoms with E-state index in [0.717, 1.165) is 52.8 Å². The number of nitrogens with one attached hydrogen (secondary N) is 3. The van der Waals surface area contributed by atoms with Crippen LogP contribution in [0, 0.1) is 16.7 Å². The van der Waals surface area contributed by atoms with Gasteiger partial charge in [-0.1, -0.05) is 12.1 Å². The first kappa shape index (κ1) is 28.5. The fourth-order valence-corrected chi connectivity index (χ4v) is 4.55. The normalized spacial score (nSPS) is 14.4. The molecule has 0 spiro atoms. The Bertz CT molecular complexity index is 1250. The molecule has 202 valence electrons. The van der Waals surface area contributed by atoms with E-state index < -0.39 is 0 Å². The molecule has 0 atom stereocenters. The average Bonchev–Trinajstić information content (AvgIpc) is 3.20. The van der Waals surface area contributed by atoms with Gasteiger partial charge in [0.05, 0.1) is 29.2 Å². The monoisotopic (exact) mass is 518 g/mol. The van der Waals surface area contributed by atoms with Crippen molar-refractivity contribution in [2.45, 2.75) is 57.0 Å². The fraction of sp³-hybridized carbons (Fsp3) is 0.393. The summed E-state index contributed by atoms with van der Waals surface area (Å²) in [7, 11) is 1.90. The highest BCUT2D eigenvalue weighted by atomic mass is 16.5. The summed E-state index contributed by atoms with van der Waals surface area (Å²) >= 11 is 0. The number of amidine groups is 1. The number of hydrazine groups is 1. The molecule has 2 aliphatic carbocycles. The van der Waals surface area contributed by atoms with E-state index >= 15 is 0 Å². The predicted octanol–water partition coefficient (Wildman–Crippen LogP) is 3.76. The van der Waals surface area contributed by atoms with Crippen LogP contribution in [0.2, 0.25) is 0 Å². The molecular weight excluding hydrogens is 480 g/mol. The van der Waals surface area contributed by atoms with Crippen LogP contribution in [0.5, 0.6) is 5.75 Å². The summed E-state index contributed by atoms with van der Waals surface area (Å²) < 4.78 is 8.13. The molecule has 2 saturated carbocycles. The van der Waals surface area contributed by atoms with Crippen molar-refractivity contribution in [1.29, 1.82) is 10.7 Å². The summed E-state index contributed by atoms with van der Waals surface area (Å²) in [6, 6.07) is 17.4. The van der Waals surface area contributed by atoms with Crippen molar-refractivity contribution in [2.75, 3.05) is 19.0 Å². The summed E-state index contributed by atoms with van der Waals surface area (Å²) in [5.41, 5.74) is 10.2. The van der Waals surface area contributed by atoms with Gasteiger partial charge in [-0.3, -0.25) is 21.9 Å². The van der Waals surface area contributed by atoms with Crippen molar-refractivity contribution in [3.63, 3.8) is 0 Å². The van der Waals surface area contributed by atoms with Gasteiger partial charge in [0.25, 0.3) is 0 Å². The van der Waals surface area contributed by atoms with Crippen molar-refractivity contribution < 1.29 is 9.53 Å². The summed E-state index contributed by atoms with van der Waals surface area (Å²) in [5, 5.41) is 24.1. The molecule has 1 amide bonds. The number of carbonyl (C=O) groups excluding carboxylic acids is 1. The van der Waals surface area contributed by atoms with Gasteiger partial charge < -0.3 is 25.7 Å². The largest absolute Gasteiger partial charge is 0.493 e. The number of anilines is 1. The van der Waals surface area contributed by atoms with Crippen molar-refractivity contribution in [3.05, 3.63) is 48.0 Å². The predicted molar refractivity (Wildman–Crippen MR) is 152 cm³/mol. The second-order valence-corrected chi connectivity index (χ2v) is 9.33. The third kappa shape index (κ3) is 6.62. The van der Waals surface area contributed by atoms with Gasteiger partial charge in [-0.15, -0.1) is 0 Å². The van der Waals surface area contributed by atoms with E-state index in [-0.39, 0.29) is 5.84 Å². The molecule has 10 nitrogen and oxygen atoms in total. The molecule has 2 fully saturated rings. The zero-order valence-electron chi connectivity index (χ0n) is 21.9. The molecule has 3 aromatic rings. The molecule has 0 unspecified atom stereocenters. The Kier molecular flexibility index (Phi) is 10.5. The molecule has 0 radical (unpaired) electrons. The highest BCUT2D eigenvalue weighted by molar-refractivity contribution is 5.95. The van der Waals surface area contributed by atoms with E-state index in [0.29, 0.717) is 30.7 Å². The highest BCUT2D eigenvalue weighted by Crippen LogP contribution is 2.43. The number of nitrogens with two attached hydrogens (primary N) is 3. The van der Waals surface area contributed by atoms with E-state index in [1.807, 2.05) is 37.4 Å². The van der Waals surface area contributed by atoms with Crippen LogP contribution < -0.4 is 32.8 Å². The van der Waals surface area contributed by atoms with E-state index in [9.17, 15) is 10.1 Å². The lowest BCUT2D eigenvalue weighted by molar-refractivity contribution is -0.110. The lowest BCUT2D eigenvalue weighted by Crippen LogP contribution is -2.33. The molecule has 2 aliphatic rings. The lowest BCUT2D eigenvalue weighted by Gasteiger charge is -2.30. The van der Waals surface area contributed by atoms with Gasteiger partial charge in [-0.25, -0.2) is 0 Å². The fourth-order valence-electron chi connectivity index (χ4n) is 4.55. The second kappa shape index (κ2) is 14.0. The number of benzene rings is 2. The van der Waals surface area contributed by atoms with Crippen LogP contribution in [0.25, 0.3) is 22.2 Å². The summed E-state index contributed by atoms with van der Waals surface area (Å²) in [6.45, 7) is 0.369. The molecule has 38 heavy (non-hydrogen) atoms. The first-order chi connectivity index (χ1) is 18.5. The molecule has 1 aromatic heterocycles. The zero-order valence-corrected chi connectivity index (χ0v) is 21.9. The van der Waals surface area contributed by atoms with Crippen LogP contribution in [0.3, 0.4) is 0 Å². The molecule has 9 N–H and O–H groups in total. The topological polar surface area (TPSA) is 181 Å². The molecule has 0 saturated heterocycles. The SMILES string of the molecule is CNc1ccc(-c2c(C#N)c3ccc(OCCC(=N)N)cc3n2C2CCC2)cc1.NN.O=CNC1CCC1. The minimum absolute atomic E-state index is 0.114. The van der Waals surface area contributed by atoms with Crippen LogP contribution in [0.1, 0.15) is 56.6 Å². The van der Waals surface area contributed by atoms with Gasteiger partial charge in [0.15, 0.2) is 0 Å². The Morgan fingerprint density at radius 3 is 2.32 bits per heavy atom. The van der Waals surface area contributed by atoms with Crippen LogP contribution in [0.15, 0.2) is 42.5 Å². The molecule has 10 heteroatoms. The van der Waals surface area contributed by atoms with Crippen LogP contribution in [-0.4, -0.2) is 36.5 Å². The van der Waals surface area contributed by atoms with Crippen LogP contribution in [0.4, 0.5) is 5.69 Å². The highest BCUT2D eigenvalue weighted by Gasteiger charge is 2.28. The minimum atomic E-state index is 0.114. The first-order valence-corrected chi connectivity index (χ1v) is 12.9.